The van der Waals surface area contributed by atoms with Crippen molar-refractivity contribution in [2.24, 2.45) is 11.7 Å². The number of carbonyl (C=O) groups excluding carboxylic acids is 1. The molecule has 0 saturated heterocycles. The summed E-state index contributed by atoms with van der Waals surface area (Å²) in [6.07, 6.45) is 3.54. The molecule has 1 aliphatic rings. The van der Waals surface area contributed by atoms with Crippen LogP contribution in [0.25, 0.3) is 0 Å². The lowest BCUT2D eigenvalue weighted by atomic mass is 9.74. The van der Waals surface area contributed by atoms with Gasteiger partial charge in [0.25, 0.3) is 0 Å². The third-order valence-electron chi connectivity index (χ3n) is 3.90. The van der Waals surface area contributed by atoms with Crippen LogP contribution in [-0.2, 0) is 4.79 Å². The highest BCUT2D eigenvalue weighted by Crippen LogP contribution is 2.32. The number of alkyl halides is 2. The molecule has 0 heterocycles. The number of ether oxygens (including phenoxy) is 1. The molecule has 2 unspecified atom stereocenters. The number of nitrogens with two attached hydrogens (primary N) is 1. The fourth-order valence-corrected chi connectivity index (χ4v) is 2.77. The summed E-state index contributed by atoms with van der Waals surface area (Å²) < 4.78 is 28.7. The first-order chi connectivity index (χ1) is 9.88. The van der Waals surface area contributed by atoms with Crippen molar-refractivity contribution in [3.05, 3.63) is 24.3 Å². The number of carbonyl (C=O) groups is 1. The summed E-state index contributed by atoms with van der Waals surface area (Å²) in [6.45, 7) is -1.01. The molecule has 0 bridgehead atoms. The van der Waals surface area contributed by atoms with Gasteiger partial charge < -0.3 is 15.8 Å². The first-order valence-corrected chi connectivity index (χ1v) is 7.03. The molecule has 4 nitrogen and oxygen atoms in total. The molecule has 0 aromatic heterocycles. The molecule has 1 aromatic carbocycles. The van der Waals surface area contributed by atoms with Crippen LogP contribution in [0.1, 0.15) is 32.6 Å². The predicted molar refractivity (Wildman–Crippen MR) is 76.3 cm³/mol. The van der Waals surface area contributed by atoms with E-state index in [2.05, 4.69) is 10.1 Å². The molecule has 0 radical (unpaired) electrons. The molecule has 3 N–H and O–H groups in total. The van der Waals surface area contributed by atoms with Gasteiger partial charge in [0, 0.05) is 17.3 Å². The molecule has 1 aromatic rings. The van der Waals surface area contributed by atoms with Gasteiger partial charge in [0.1, 0.15) is 5.75 Å². The van der Waals surface area contributed by atoms with Gasteiger partial charge in [-0.25, -0.2) is 0 Å². The number of hydrogen-bond donors (Lipinski definition) is 2. The van der Waals surface area contributed by atoms with Crippen LogP contribution in [0.3, 0.4) is 0 Å². The van der Waals surface area contributed by atoms with Crippen molar-refractivity contribution in [2.75, 3.05) is 5.32 Å². The molecule has 6 heteroatoms. The minimum atomic E-state index is -2.89. The van der Waals surface area contributed by atoms with E-state index in [9.17, 15) is 13.6 Å². The zero-order valence-electron chi connectivity index (χ0n) is 11.9. The highest BCUT2D eigenvalue weighted by atomic mass is 19.3. The van der Waals surface area contributed by atoms with Gasteiger partial charge in [0.15, 0.2) is 0 Å². The van der Waals surface area contributed by atoms with E-state index in [4.69, 9.17) is 5.73 Å². The summed E-state index contributed by atoms with van der Waals surface area (Å²) in [4.78, 5) is 12.3. The highest BCUT2D eigenvalue weighted by Gasteiger charge is 2.37. The average molecular weight is 298 g/mol. The Labute approximate surface area is 122 Å². The minimum absolute atomic E-state index is 0.0157. The lowest BCUT2D eigenvalue weighted by Gasteiger charge is -2.37. The molecule has 2 rings (SSSR count). The topological polar surface area (TPSA) is 64.4 Å². The van der Waals surface area contributed by atoms with Crippen molar-refractivity contribution in [2.45, 2.75) is 44.8 Å². The van der Waals surface area contributed by atoms with E-state index in [0.717, 1.165) is 25.7 Å². The van der Waals surface area contributed by atoms with Gasteiger partial charge in [-0.05, 0) is 31.9 Å². The van der Waals surface area contributed by atoms with Crippen molar-refractivity contribution < 1.29 is 18.3 Å². The van der Waals surface area contributed by atoms with Crippen LogP contribution < -0.4 is 15.8 Å². The smallest absolute Gasteiger partial charge is 0.387 e. The second-order valence-corrected chi connectivity index (χ2v) is 5.70. The molecule has 1 fully saturated rings. The Morgan fingerprint density at radius 1 is 1.48 bits per heavy atom. The molecule has 1 amide bonds. The van der Waals surface area contributed by atoms with Gasteiger partial charge in [-0.1, -0.05) is 18.9 Å². The number of amides is 1. The van der Waals surface area contributed by atoms with Crippen molar-refractivity contribution in [1.82, 2.24) is 0 Å². The standard InChI is InChI=1S/C15H20F2N2O2/c1-15(18)8-3-2-7-12(15)13(20)19-10-5-4-6-11(9-10)21-14(16)17/h4-6,9,12,14H,2-3,7-8,18H2,1H3,(H,19,20). The van der Waals surface area contributed by atoms with Crippen LogP contribution in [0.15, 0.2) is 24.3 Å². The monoisotopic (exact) mass is 298 g/mol. The Morgan fingerprint density at radius 2 is 2.24 bits per heavy atom. The van der Waals surface area contributed by atoms with Gasteiger partial charge in [0.2, 0.25) is 5.91 Å². The molecular weight excluding hydrogens is 278 g/mol. The van der Waals surface area contributed by atoms with Gasteiger partial charge in [0.05, 0.1) is 5.92 Å². The third-order valence-corrected chi connectivity index (χ3v) is 3.90. The molecule has 1 saturated carbocycles. The summed E-state index contributed by atoms with van der Waals surface area (Å²) in [5.74, 6) is -0.429. The summed E-state index contributed by atoms with van der Waals surface area (Å²) in [5.41, 5.74) is 6.09. The maximum atomic E-state index is 12.3. The molecule has 21 heavy (non-hydrogen) atoms. The Morgan fingerprint density at radius 3 is 2.90 bits per heavy atom. The SMILES string of the molecule is CC1(N)CCCCC1C(=O)Nc1cccc(OC(F)F)c1. The molecular formula is C15H20F2N2O2. The van der Waals surface area contributed by atoms with Gasteiger partial charge in [-0.15, -0.1) is 0 Å². The molecule has 2 atom stereocenters. The van der Waals surface area contributed by atoms with E-state index in [0.29, 0.717) is 5.69 Å². The van der Waals surface area contributed by atoms with Gasteiger partial charge in [-0.2, -0.15) is 8.78 Å². The number of rotatable bonds is 4. The first-order valence-electron chi connectivity index (χ1n) is 7.03. The van der Waals surface area contributed by atoms with Gasteiger partial charge in [-0.3, -0.25) is 4.79 Å². The molecule has 0 spiro atoms. The summed E-state index contributed by atoms with van der Waals surface area (Å²) in [5, 5.41) is 2.74. The summed E-state index contributed by atoms with van der Waals surface area (Å²) in [6, 6.07) is 5.97. The molecule has 1 aliphatic carbocycles. The van der Waals surface area contributed by atoms with Crippen molar-refractivity contribution in [3.8, 4) is 5.75 Å². The predicted octanol–water partition coefficient (Wildman–Crippen LogP) is 3.13. The number of anilines is 1. The fourth-order valence-electron chi connectivity index (χ4n) is 2.77. The van der Waals surface area contributed by atoms with Crippen molar-refractivity contribution in [3.63, 3.8) is 0 Å². The lowest BCUT2D eigenvalue weighted by Crippen LogP contribution is -2.51. The van der Waals surface area contributed by atoms with Crippen molar-refractivity contribution >= 4 is 11.6 Å². The molecule has 116 valence electrons. The normalized spacial score (nSPS) is 25.7. The van der Waals surface area contributed by atoms with E-state index in [1.54, 1.807) is 12.1 Å². The Bertz CT molecular complexity index is 506. The van der Waals surface area contributed by atoms with E-state index < -0.39 is 12.2 Å². The van der Waals surface area contributed by atoms with Crippen LogP contribution >= 0.6 is 0 Å². The average Bonchev–Trinajstić information content (AvgIpc) is 2.37. The molecule has 0 aliphatic heterocycles. The van der Waals surface area contributed by atoms with E-state index in [1.165, 1.54) is 12.1 Å². The maximum Gasteiger partial charge on any atom is 0.387 e. The fraction of sp³-hybridized carbons (Fsp3) is 0.533. The Hall–Kier alpha value is -1.69. The first kappa shape index (κ1) is 15.7. The second kappa shape index (κ2) is 6.39. The van der Waals surface area contributed by atoms with Crippen LogP contribution in [0.5, 0.6) is 5.75 Å². The summed E-state index contributed by atoms with van der Waals surface area (Å²) in [7, 11) is 0. The highest BCUT2D eigenvalue weighted by molar-refractivity contribution is 5.93. The van der Waals surface area contributed by atoms with Gasteiger partial charge >= 0.3 is 6.61 Å². The largest absolute Gasteiger partial charge is 0.435 e. The van der Waals surface area contributed by atoms with E-state index in [-0.39, 0.29) is 17.6 Å². The summed E-state index contributed by atoms with van der Waals surface area (Å²) >= 11 is 0. The zero-order valence-corrected chi connectivity index (χ0v) is 11.9. The minimum Gasteiger partial charge on any atom is -0.435 e. The van der Waals surface area contributed by atoms with E-state index >= 15 is 0 Å². The lowest BCUT2D eigenvalue weighted by molar-refractivity contribution is -0.122. The number of benzene rings is 1. The third kappa shape index (κ3) is 4.14. The Kier molecular flexibility index (Phi) is 4.77. The van der Waals surface area contributed by atoms with Crippen LogP contribution in [0.2, 0.25) is 0 Å². The Balaban J connectivity index is 2.05. The second-order valence-electron chi connectivity index (χ2n) is 5.70. The quantitative estimate of drug-likeness (QED) is 0.897. The number of halogens is 2. The number of hydrogen-bond acceptors (Lipinski definition) is 3. The van der Waals surface area contributed by atoms with Crippen LogP contribution in [0.4, 0.5) is 14.5 Å². The van der Waals surface area contributed by atoms with Crippen LogP contribution in [0, 0.1) is 5.92 Å². The van der Waals surface area contributed by atoms with Crippen molar-refractivity contribution in [1.29, 1.82) is 0 Å². The number of nitrogens with one attached hydrogen (secondary N) is 1. The van der Waals surface area contributed by atoms with Crippen LogP contribution in [-0.4, -0.2) is 18.1 Å². The van der Waals surface area contributed by atoms with E-state index in [1.807, 2.05) is 6.92 Å². The maximum absolute atomic E-state index is 12.3. The zero-order chi connectivity index (χ0) is 15.5.